The first-order valence-corrected chi connectivity index (χ1v) is 7.13. The largest absolute Gasteiger partial charge is 0.481 e. The van der Waals surface area contributed by atoms with Crippen molar-refractivity contribution in [3.8, 4) is 0 Å². The maximum atomic E-state index is 11.9. The van der Waals surface area contributed by atoms with E-state index in [1.807, 2.05) is 4.90 Å². The Morgan fingerprint density at radius 3 is 2.39 bits per heavy atom. The van der Waals surface area contributed by atoms with Crippen LogP contribution in [-0.2, 0) is 9.59 Å². The van der Waals surface area contributed by atoms with Crippen molar-refractivity contribution in [2.75, 3.05) is 13.1 Å². The molecule has 0 saturated carbocycles. The third-order valence-corrected chi connectivity index (χ3v) is 3.67. The van der Waals surface area contributed by atoms with Gasteiger partial charge in [-0.1, -0.05) is 26.2 Å². The summed E-state index contributed by atoms with van der Waals surface area (Å²) in [6.07, 6.45) is 7.10. The topological polar surface area (TPSA) is 57.6 Å². The van der Waals surface area contributed by atoms with Crippen molar-refractivity contribution in [1.29, 1.82) is 0 Å². The third kappa shape index (κ3) is 5.52. The molecule has 4 heteroatoms. The Morgan fingerprint density at radius 2 is 1.83 bits per heavy atom. The maximum absolute atomic E-state index is 11.9. The van der Waals surface area contributed by atoms with Gasteiger partial charge in [0, 0.05) is 25.9 Å². The first-order valence-electron chi connectivity index (χ1n) is 7.13. The van der Waals surface area contributed by atoms with Crippen LogP contribution in [0.3, 0.4) is 0 Å². The summed E-state index contributed by atoms with van der Waals surface area (Å²) in [5.74, 6) is -0.217. The van der Waals surface area contributed by atoms with Crippen molar-refractivity contribution in [2.45, 2.75) is 58.3 Å². The van der Waals surface area contributed by atoms with Crippen LogP contribution >= 0.6 is 0 Å². The van der Waals surface area contributed by atoms with Crippen LogP contribution in [0.5, 0.6) is 0 Å². The van der Waals surface area contributed by atoms with Crippen LogP contribution < -0.4 is 0 Å². The zero-order valence-corrected chi connectivity index (χ0v) is 11.4. The molecule has 1 amide bonds. The van der Waals surface area contributed by atoms with Gasteiger partial charge in [0.2, 0.25) is 5.91 Å². The van der Waals surface area contributed by atoms with Crippen LogP contribution in [0, 0.1) is 5.92 Å². The predicted octanol–water partition coefficient (Wildman–Crippen LogP) is 2.67. The molecule has 0 aliphatic carbocycles. The number of piperidine rings is 1. The number of aliphatic carboxylic acids is 1. The number of carboxylic acid groups (broad SMARTS) is 1. The quantitative estimate of drug-likeness (QED) is 0.711. The van der Waals surface area contributed by atoms with Crippen LogP contribution in [0.1, 0.15) is 58.3 Å². The second-order valence-electron chi connectivity index (χ2n) is 5.23. The monoisotopic (exact) mass is 255 g/mol. The highest BCUT2D eigenvalue weighted by Gasteiger charge is 2.23. The molecule has 0 aromatic carbocycles. The van der Waals surface area contributed by atoms with Crippen molar-refractivity contribution < 1.29 is 14.7 Å². The Bertz CT molecular complexity index is 270. The van der Waals surface area contributed by atoms with E-state index in [2.05, 4.69) is 6.92 Å². The smallest absolute Gasteiger partial charge is 0.303 e. The molecule has 1 fully saturated rings. The zero-order chi connectivity index (χ0) is 13.4. The molecule has 18 heavy (non-hydrogen) atoms. The normalized spacial score (nSPS) is 16.8. The molecular formula is C14H25NO3. The number of hydrogen-bond donors (Lipinski definition) is 1. The maximum Gasteiger partial charge on any atom is 0.303 e. The minimum absolute atomic E-state index is 0.249. The molecule has 0 aromatic rings. The molecule has 1 rings (SSSR count). The highest BCUT2D eigenvalue weighted by molar-refractivity contribution is 5.76. The van der Waals surface area contributed by atoms with Gasteiger partial charge in [-0.3, -0.25) is 9.59 Å². The Labute approximate surface area is 109 Å². The van der Waals surface area contributed by atoms with Crippen molar-refractivity contribution in [3.63, 3.8) is 0 Å². The number of carbonyl (C=O) groups excluding carboxylic acids is 1. The second kappa shape index (κ2) is 8.11. The number of hydrogen-bond acceptors (Lipinski definition) is 2. The number of rotatable bonds is 7. The average molecular weight is 255 g/mol. The number of carboxylic acids is 1. The van der Waals surface area contributed by atoms with Gasteiger partial charge in [-0.2, -0.15) is 0 Å². The van der Waals surface area contributed by atoms with Crippen LogP contribution in [0.4, 0.5) is 0 Å². The number of carbonyl (C=O) groups is 2. The molecule has 1 aliphatic heterocycles. The van der Waals surface area contributed by atoms with E-state index in [1.165, 1.54) is 12.8 Å². The van der Waals surface area contributed by atoms with E-state index in [0.717, 1.165) is 38.8 Å². The van der Waals surface area contributed by atoms with Gasteiger partial charge in [0.05, 0.1) is 0 Å². The molecule has 104 valence electrons. The molecule has 1 saturated heterocycles. The van der Waals surface area contributed by atoms with E-state index in [-0.39, 0.29) is 18.2 Å². The summed E-state index contributed by atoms with van der Waals surface area (Å²) in [4.78, 5) is 24.4. The van der Waals surface area contributed by atoms with Gasteiger partial charge in [0.25, 0.3) is 0 Å². The van der Waals surface area contributed by atoms with E-state index in [0.29, 0.717) is 6.42 Å². The van der Waals surface area contributed by atoms with E-state index in [1.54, 1.807) is 0 Å². The van der Waals surface area contributed by atoms with Gasteiger partial charge >= 0.3 is 5.97 Å². The van der Waals surface area contributed by atoms with Gasteiger partial charge in [-0.05, 0) is 25.2 Å². The molecular weight excluding hydrogens is 230 g/mol. The fourth-order valence-corrected chi connectivity index (χ4v) is 2.49. The standard InChI is InChI=1S/C14H25NO3/c1-2-3-4-5-6-13(16)15-9-7-12(8-10-15)11-14(17)18/h12H,2-11H2,1H3,(H,17,18). The van der Waals surface area contributed by atoms with E-state index in [9.17, 15) is 9.59 Å². The van der Waals surface area contributed by atoms with E-state index < -0.39 is 5.97 Å². The lowest BCUT2D eigenvalue weighted by Crippen LogP contribution is -2.38. The molecule has 0 radical (unpaired) electrons. The SMILES string of the molecule is CCCCCCC(=O)N1CCC(CC(=O)O)CC1. The number of likely N-dealkylation sites (tertiary alicyclic amines) is 1. The van der Waals surface area contributed by atoms with Crippen LogP contribution in [0.2, 0.25) is 0 Å². The van der Waals surface area contributed by atoms with Gasteiger partial charge < -0.3 is 10.0 Å². The van der Waals surface area contributed by atoms with Crippen LogP contribution in [0.15, 0.2) is 0 Å². The Balaban J connectivity index is 2.17. The third-order valence-electron chi connectivity index (χ3n) is 3.67. The van der Waals surface area contributed by atoms with Crippen LogP contribution in [0.25, 0.3) is 0 Å². The summed E-state index contributed by atoms with van der Waals surface area (Å²) < 4.78 is 0. The summed E-state index contributed by atoms with van der Waals surface area (Å²) in [6.45, 7) is 3.64. The van der Waals surface area contributed by atoms with Gasteiger partial charge in [0.15, 0.2) is 0 Å². The molecule has 4 nitrogen and oxygen atoms in total. The van der Waals surface area contributed by atoms with Crippen molar-refractivity contribution in [3.05, 3.63) is 0 Å². The summed E-state index contributed by atoms with van der Waals surface area (Å²) >= 11 is 0. The number of unbranched alkanes of at least 4 members (excludes halogenated alkanes) is 3. The minimum Gasteiger partial charge on any atom is -0.481 e. The van der Waals surface area contributed by atoms with Crippen molar-refractivity contribution >= 4 is 11.9 Å². The lowest BCUT2D eigenvalue weighted by Gasteiger charge is -2.31. The average Bonchev–Trinajstić information content (AvgIpc) is 2.34. The van der Waals surface area contributed by atoms with E-state index >= 15 is 0 Å². The number of nitrogens with zero attached hydrogens (tertiary/aromatic N) is 1. The highest BCUT2D eigenvalue weighted by atomic mass is 16.4. The lowest BCUT2D eigenvalue weighted by molar-refractivity contribution is -0.138. The minimum atomic E-state index is -0.723. The summed E-state index contributed by atoms with van der Waals surface area (Å²) in [5, 5.41) is 8.73. The molecule has 1 aliphatic rings. The molecule has 1 heterocycles. The molecule has 0 bridgehead atoms. The van der Waals surface area contributed by atoms with Crippen LogP contribution in [-0.4, -0.2) is 35.0 Å². The second-order valence-corrected chi connectivity index (χ2v) is 5.23. The summed E-state index contributed by atoms with van der Waals surface area (Å²) in [7, 11) is 0. The van der Waals surface area contributed by atoms with Gasteiger partial charge in [0.1, 0.15) is 0 Å². The van der Waals surface area contributed by atoms with Gasteiger partial charge in [-0.25, -0.2) is 0 Å². The lowest BCUT2D eigenvalue weighted by atomic mass is 9.93. The van der Waals surface area contributed by atoms with Crippen molar-refractivity contribution in [2.24, 2.45) is 5.92 Å². The predicted molar refractivity (Wildman–Crippen MR) is 70.3 cm³/mol. The first-order chi connectivity index (χ1) is 8.63. The molecule has 0 atom stereocenters. The fraction of sp³-hybridized carbons (Fsp3) is 0.857. The molecule has 0 spiro atoms. The Morgan fingerprint density at radius 1 is 1.17 bits per heavy atom. The highest BCUT2D eigenvalue weighted by Crippen LogP contribution is 2.21. The summed E-state index contributed by atoms with van der Waals surface area (Å²) in [6, 6.07) is 0. The van der Waals surface area contributed by atoms with E-state index in [4.69, 9.17) is 5.11 Å². The molecule has 0 unspecified atom stereocenters. The fourth-order valence-electron chi connectivity index (χ4n) is 2.49. The summed E-state index contributed by atoms with van der Waals surface area (Å²) in [5.41, 5.74) is 0. The Hall–Kier alpha value is -1.06. The van der Waals surface area contributed by atoms with Crippen molar-refractivity contribution in [1.82, 2.24) is 4.90 Å². The molecule has 0 aromatic heterocycles. The molecule has 1 N–H and O–H groups in total. The Kier molecular flexibility index (Phi) is 6.76. The first kappa shape index (κ1) is 15.0. The zero-order valence-electron chi connectivity index (χ0n) is 11.4. The van der Waals surface area contributed by atoms with Gasteiger partial charge in [-0.15, -0.1) is 0 Å². The number of amides is 1.